The van der Waals surface area contributed by atoms with Gasteiger partial charge >= 0.3 is 0 Å². The SMILES string of the molecule is CC(C)(C)c1cc(-c2cc3ccc(N(C4=CCCC=C4)c4ccccc4)cc3cc2Br)c(N)c(-c2cc3ccc(N(c4ccccc4)c4ccccc4)cc3cc2Br)c1. The monoisotopic (exact) mass is 893 g/mol. The maximum absolute atomic E-state index is 7.32. The van der Waals surface area contributed by atoms with Gasteiger partial charge in [-0.1, -0.05) is 132 Å². The van der Waals surface area contributed by atoms with Crippen LogP contribution in [-0.2, 0) is 5.41 Å². The molecule has 2 N–H and O–H groups in total. The van der Waals surface area contributed by atoms with Crippen LogP contribution in [0, 0.1) is 0 Å². The number of hydrogen-bond donors (Lipinski definition) is 1. The summed E-state index contributed by atoms with van der Waals surface area (Å²) in [6.45, 7) is 6.79. The third-order valence-corrected chi connectivity index (χ3v) is 12.6. The zero-order valence-corrected chi connectivity index (χ0v) is 36.6. The summed E-state index contributed by atoms with van der Waals surface area (Å²) in [5.74, 6) is 0. The fraction of sp³-hybridized carbons (Fsp3) is 0.111. The standard InChI is InChI=1S/C54H45Br2N3/c1-54(2,3)40-34-49(47-30-36-24-26-45(28-38(36)32-51(47)55)58(41-16-8-4-9-17-41)42-18-10-5-11-19-42)53(57)50(35-40)48-31-37-25-27-46(29-39(37)33-52(48)56)59(43-20-12-6-13-21-43)44-22-14-7-15-23-44/h4-6,8-14,16-35H,7,15,57H2,1-3H3. The molecule has 8 aromatic carbocycles. The van der Waals surface area contributed by atoms with Crippen LogP contribution in [0.5, 0.6) is 0 Å². The van der Waals surface area contributed by atoms with Crippen molar-refractivity contribution in [1.82, 2.24) is 0 Å². The van der Waals surface area contributed by atoms with E-state index in [0.29, 0.717) is 0 Å². The smallest absolute Gasteiger partial charge is 0.0474 e. The lowest BCUT2D eigenvalue weighted by Crippen LogP contribution is -2.16. The molecule has 0 aliphatic heterocycles. The second kappa shape index (κ2) is 16.1. The van der Waals surface area contributed by atoms with Crippen LogP contribution in [0.15, 0.2) is 197 Å². The largest absolute Gasteiger partial charge is 0.398 e. The van der Waals surface area contributed by atoms with Crippen molar-refractivity contribution < 1.29 is 0 Å². The molecule has 9 rings (SSSR count). The number of hydrogen-bond acceptors (Lipinski definition) is 3. The number of nitrogens with two attached hydrogens (primary N) is 1. The predicted molar refractivity (Wildman–Crippen MR) is 261 cm³/mol. The molecule has 290 valence electrons. The van der Waals surface area contributed by atoms with Crippen molar-refractivity contribution in [1.29, 1.82) is 0 Å². The molecular weight excluding hydrogens is 850 g/mol. The highest BCUT2D eigenvalue weighted by molar-refractivity contribution is 9.11. The van der Waals surface area contributed by atoms with Gasteiger partial charge in [0.1, 0.15) is 0 Å². The zero-order chi connectivity index (χ0) is 40.7. The quantitative estimate of drug-likeness (QED) is 0.154. The van der Waals surface area contributed by atoms with Gasteiger partial charge in [0.25, 0.3) is 0 Å². The number of nitrogens with zero attached hydrogens (tertiary/aromatic N) is 2. The molecule has 0 saturated heterocycles. The molecule has 0 heterocycles. The molecule has 0 fully saturated rings. The van der Waals surface area contributed by atoms with E-state index in [4.69, 9.17) is 5.73 Å². The van der Waals surface area contributed by atoms with Crippen LogP contribution >= 0.6 is 31.9 Å². The van der Waals surface area contributed by atoms with Crippen LogP contribution in [0.4, 0.5) is 34.1 Å². The summed E-state index contributed by atoms with van der Waals surface area (Å²) in [5.41, 5.74) is 20.1. The van der Waals surface area contributed by atoms with E-state index in [0.717, 1.165) is 99.7 Å². The van der Waals surface area contributed by atoms with Crippen LogP contribution in [0.1, 0.15) is 39.2 Å². The molecular formula is C54H45Br2N3. The molecule has 0 bridgehead atoms. The van der Waals surface area contributed by atoms with E-state index >= 15 is 0 Å². The number of benzene rings is 8. The van der Waals surface area contributed by atoms with Crippen LogP contribution in [0.2, 0.25) is 0 Å². The van der Waals surface area contributed by atoms with Gasteiger partial charge in [-0.15, -0.1) is 0 Å². The van der Waals surface area contributed by atoms with Crippen molar-refractivity contribution in [2.24, 2.45) is 0 Å². The van der Waals surface area contributed by atoms with Crippen LogP contribution in [0.3, 0.4) is 0 Å². The Labute approximate surface area is 364 Å². The summed E-state index contributed by atoms with van der Waals surface area (Å²) in [4.78, 5) is 4.64. The molecule has 1 aliphatic rings. The molecule has 0 unspecified atom stereocenters. The number of fused-ring (bicyclic) bond motifs is 2. The van der Waals surface area contributed by atoms with Gasteiger partial charge < -0.3 is 15.5 Å². The van der Waals surface area contributed by atoms with Gasteiger partial charge in [0, 0.05) is 59.9 Å². The van der Waals surface area contributed by atoms with E-state index in [1.54, 1.807) is 0 Å². The highest BCUT2D eigenvalue weighted by atomic mass is 79.9. The lowest BCUT2D eigenvalue weighted by Gasteiger charge is -2.28. The predicted octanol–water partition coefficient (Wildman–Crippen LogP) is 16.6. The van der Waals surface area contributed by atoms with Crippen LogP contribution < -0.4 is 15.5 Å². The average Bonchev–Trinajstić information content (AvgIpc) is 3.25. The fourth-order valence-corrected chi connectivity index (χ4v) is 9.28. The number of nitrogen functional groups attached to an aromatic ring is 1. The van der Waals surface area contributed by atoms with E-state index in [1.807, 2.05) is 0 Å². The van der Waals surface area contributed by atoms with Crippen molar-refractivity contribution in [2.75, 3.05) is 15.5 Å². The highest BCUT2D eigenvalue weighted by Gasteiger charge is 2.23. The van der Waals surface area contributed by atoms with Gasteiger partial charge in [0.15, 0.2) is 0 Å². The first-order chi connectivity index (χ1) is 28.6. The minimum absolute atomic E-state index is 0.116. The van der Waals surface area contributed by atoms with Crippen molar-refractivity contribution in [3.8, 4) is 22.3 Å². The van der Waals surface area contributed by atoms with Gasteiger partial charge in [0.05, 0.1) is 0 Å². The van der Waals surface area contributed by atoms with Crippen LogP contribution in [0.25, 0.3) is 43.8 Å². The van der Waals surface area contributed by atoms with Crippen molar-refractivity contribution in [2.45, 2.75) is 39.0 Å². The van der Waals surface area contributed by atoms with E-state index in [-0.39, 0.29) is 5.41 Å². The van der Waals surface area contributed by atoms with E-state index in [1.165, 1.54) is 11.3 Å². The third kappa shape index (κ3) is 7.73. The second-order valence-corrected chi connectivity index (χ2v) is 18.0. The minimum Gasteiger partial charge on any atom is -0.398 e. The Balaban J connectivity index is 1.13. The molecule has 8 aromatic rings. The molecule has 3 nitrogen and oxygen atoms in total. The molecule has 0 spiro atoms. The molecule has 1 aliphatic carbocycles. The fourth-order valence-electron chi connectivity index (χ4n) is 8.13. The van der Waals surface area contributed by atoms with E-state index < -0.39 is 0 Å². The maximum Gasteiger partial charge on any atom is 0.0474 e. The molecule has 0 saturated carbocycles. The van der Waals surface area contributed by atoms with E-state index in [2.05, 4.69) is 244 Å². The summed E-state index contributed by atoms with van der Waals surface area (Å²) in [6, 6.07) is 58.7. The molecule has 0 radical (unpaired) electrons. The third-order valence-electron chi connectivity index (χ3n) is 11.2. The molecule has 5 heteroatoms. The first-order valence-electron chi connectivity index (χ1n) is 20.2. The molecule has 0 atom stereocenters. The number of allylic oxidation sites excluding steroid dienone is 3. The summed E-state index contributed by atoms with van der Waals surface area (Å²) in [6.07, 6.45) is 8.93. The van der Waals surface area contributed by atoms with Crippen LogP contribution in [-0.4, -0.2) is 0 Å². The van der Waals surface area contributed by atoms with Gasteiger partial charge in [-0.05, 0) is 160 Å². The number of para-hydroxylation sites is 3. The average molecular weight is 896 g/mol. The van der Waals surface area contributed by atoms with Gasteiger partial charge in [-0.2, -0.15) is 0 Å². The first-order valence-corrected chi connectivity index (χ1v) is 21.7. The summed E-state index contributed by atoms with van der Waals surface area (Å²) >= 11 is 8.04. The number of halogens is 2. The number of rotatable bonds is 8. The maximum atomic E-state index is 7.32. The minimum atomic E-state index is -0.116. The summed E-state index contributed by atoms with van der Waals surface area (Å²) in [7, 11) is 0. The van der Waals surface area contributed by atoms with E-state index in [9.17, 15) is 0 Å². The zero-order valence-electron chi connectivity index (χ0n) is 33.5. The Bertz CT molecular complexity index is 2850. The number of anilines is 6. The van der Waals surface area contributed by atoms with Crippen molar-refractivity contribution in [3.05, 3.63) is 202 Å². The Morgan fingerprint density at radius 1 is 0.458 bits per heavy atom. The van der Waals surface area contributed by atoms with Crippen molar-refractivity contribution >= 4 is 87.5 Å². The molecule has 0 aromatic heterocycles. The Morgan fingerprint density at radius 3 is 1.36 bits per heavy atom. The normalized spacial score (nSPS) is 12.8. The molecule has 59 heavy (non-hydrogen) atoms. The Morgan fingerprint density at radius 2 is 0.915 bits per heavy atom. The van der Waals surface area contributed by atoms with Crippen molar-refractivity contribution in [3.63, 3.8) is 0 Å². The summed E-state index contributed by atoms with van der Waals surface area (Å²) in [5, 5.41) is 4.58. The second-order valence-electron chi connectivity index (χ2n) is 16.2. The first kappa shape index (κ1) is 38.6. The lowest BCUT2D eigenvalue weighted by atomic mass is 9.82. The summed E-state index contributed by atoms with van der Waals surface area (Å²) < 4.78 is 1.99. The highest BCUT2D eigenvalue weighted by Crippen LogP contribution is 2.46. The van der Waals surface area contributed by atoms with Gasteiger partial charge in [-0.25, -0.2) is 0 Å². The topological polar surface area (TPSA) is 32.5 Å². The lowest BCUT2D eigenvalue weighted by molar-refractivity contribution is 0.591. The van der Waals surface area contributed by atoms with Gasteiger partial charge in [-0.3, -0.25) is 0 Å². The van der Waals surface area contributed by atoms with Gasteiger partial charge in [0.2, 0.25) is 0 Å². The molecule has 0 amide bonds. The Kier molecular flexibility index (Phi) is 10.5. The Hall–Kier alpha value is -5.88.